The third kappa shape index (κ3) is 2.75. The van der Waals surface area contributed by atoms with Crippen molar-refractivity contribution in [2.45, 2.75) is 24.5 Å². The normalized spacial score (nSPS) is 24.1. The molecule has 0 aromatic carbocycles. The Bertz CT molecular complexity index is 484. The Balaban J connectivity index is 2.22. The number of nitrogens with one attached hydrogen (secondary N) is 1. The number of hydrogen-bond donors (Lipinski definition) is 2. The van der Waals surface area contributed by atoms with Crippen molar-refractivity contribution >= 4 is 17.7 Å². The summed E-state index contributed by atoms with van der Waals surface area (Å²) >= 11 is 1.05. The van der Waals surface area contributed by atoms with E-state index in [1.807, 2.05) is 6.92 Å². The molecule has 18 heavy (non-hydrogen) atoms. The summed E-state index contributed by atoms with van der Waals surface area (Å²) in [6, 6.07) is 0.0151. The molecule has 2 atom stereocenters. The predicted molar refractivity (Wildman–Crippen MR) is 64.8 cm³/mol. The zero-order valence-electron chi connectivity index (χ0n) is 9.96. The highest BCUT2D eigenvalue weighted by Gasteiger charge is 2.27. The summed E-state index contributed by atoms with van der Waals surface area (Å²) in [5.74, 6) is -0.831. The molecule has 1 aromatic rings. The van der Waals surface area contributed by atoms with Crippen LogP contribution in [0.25, 0.3) is 0 Å². The van der Waals surface area contributed by atoms with Crippen molar-refractivity contribution in [1.29, 1.82) is 0 Å². The maximum absolute atomic E-state index is 11.8. The van der Waals surface area contributed by atoms with Gasteiger partial charge in [-0.3, -0.25) is 9.36 Å². The molecule has 0 aliphatic carbocycles. The van der Waals surface area contributed by atoms with E-state index in [-0.39, 0.29) is 23.4 Å². The molecular weight excluding hydrogens is 258 g/mol. The summed E-state index contributed by atoms with van der Waals surface area (Å²) < 4.78 is 6.90. The molecule has 7 nitrogen and oxygen atoms in total. The fourth-order valence-electron chi connectivity index (χ4n) is 2.06. The minimum absolute atomic E-state index is 0.0151. The number of ether oxygens (including phenoxy) is 1. The van der Waals surface area contributed by atoms with Crippen LogP contribution >= 0.6 is 11.8 Å². The fourth-order valence-corrected chi connectivity index (χ4v) is 2.78. The average Bonchev–Trinajstić information content (AvgIpc) is 2.69. The Morgan fingerprint density at radius 2 is 2.50 bits per heavy atom. The second-order valence-electron chi connectivity index (χ2n) is 4.27. The standard InChI is InChI=1S/C10H15N3O4S/c1-6-4-17-3-2-7(6)13-9(16)11-12-10(13)18-5-8(14)15/h6-7H,2-5H2,1H3,(H,11,16)(H,14,15). The lowest BCUT2D eigenvalue weighted by Gasteiger charge is -2.29. The molecule has 0 radical (unpaired) electrons. The van der Waals surface area contributed by atoms with Crippen LogP contribution in [0, 0.1) is 5.92 Å². The van der Waals surface area contributed by atoms with E-state index in [1.165, 1.54) is 0 Å². The molecular formula is C10H15N3O4S. The number of aromatic nitrogens is 3. The minimum Gasteiger partial charge on any atom is -0.481 e. The van der Waals surface area contributed by atoms with Gasteiger partial charge in [-0.05, 0) is 6.42 Å². The average molecular weight is 273 g/mol. The van der Waals surface area contributed by atoms with E-state index in [0.717, 1.165) is 18.2 Å². The molecule has 0 saturated carbocycles. The van der Waals surface area contributed by atoms with Crippen molar-refractivity contribution in [3.63, 3.8) is 0 Å². The lowest BCUT2D eigenvalue weighted by atomic mass is 9.98. The van der Waals surface area contributed by atoms with Crippen LogP contribution in [-0.4, -0.2) is 44.8 Å². The number of carboxylic acids is 1. The van der Waals surface area contributed by atoms with Crippen molar-refractivity contribution in [1.82, 2.24) is 14.8 Å². The van der Waals surface area contributed by atoms with Gasteiger partial charge in [0.25, 0.3) is 0 Å². The van der Waals surface area contributed by atoms with Crippen molar-refractivity contribution in [3.05, 3.63) is 10.5 Å². The number of aromatic amines is 1. The van der Waals surface area contributed by atoms with E-state index in [1.54, 1.807) is 4.57 Å². The zero-order chi connectivity index (χ0) is 13.1. The lowest BCUT2D eigenvalue weighted by molar-refractivity contribution is -0.133. The van der Waals surface area contributed by atoms with Crippen LogP contribution in [-0.2, 0) is 9.53 Å². The maximum Gasteiger partial charge on any atom is 0.344 e. The van der Waals surface area contributed by atoms with Crippen LogP contribution in [0.5, 0.6) is 0 Å². The number of thioether (sulfide) groups is 1. The monoisotopic (exact) mass is 273 g/mol. The Hall–Kier alpha value is -1.28. The molecule has 2 heterocycles. The van der Waals surface area contributed by atoms with Crippen LogP contribution in [0.3, 0.4) is 0 Å². The fraction of sp³-hybridized carbons (Fsp3) is 0.700. The molecule has 1 aromatic heterocycles. The summed E-state index contributed by atoms with van der Waals surface area (Å²) in [5, 5.41) is 15.4. The van der Waals surface area contributed by atoms with Crippen LogP contribution in [0.4, 0.5) is 0 Å². The summed E-state index contributed by atoms with van der Waals surface area (Å²) in [7, 11) is 0. The van der Waals surface area contributed by atoms with E-state index in [9.17, 15) is 9.59 Å². The van der Waals surface area contributed by atoms with Crippen LogP contribution in [0.15, 0.2) is 9.95 Å². The summed E-state index contributed by atoms with van der Waals surface area (Å²) in [6.07, 6.45) is 0.737. The molecule has 0 bridgehead atoms. The summed E-state index contributed by atoms with van der Waals surface area (Å²) in [4.78, 5) is 22.3. The Morgan fingerprint density at radius 1 is 1.72 bits per heavy atom. The first-order valence-electron chi connectivity index (χ1n) is 5.69. The molecule has 2 rings (SSSR count). The molecule has 1 aliphatic rings. The van der Waals surface area contributed by atoms with E-state index in [2.05, 4.69) is 10.2 Å². The number of H-pyrrole nitrogens is 1. The first-order valence-corrected chi connectivity index (χ1v) is 6.67. The second kappa shape index (κ2) is 5.57. The molecule has 1 aliphatic heterocycles. The van der Waals surface area contributed by atoms with Gasteiger partial charge in [0.15, 0.2) is 5.16 Å². The zero-order valence-corrected chi connectivity index (χ0v) is 10.8. The highest BCUT2D eigenvalue weighted by Crippen LogP contribution is 2.28. The Morgan fingerprint density at radius 3 is 3.17 bits per heavy atom. The van der Waals surface area contributed by atoms with Gasteiger partial charge in [-0.15, -0.1) is 5.10 Å². The molecule has 2 unspecified atom stereocenters. The number of hydrogen-bond acceptors (Lipinski definition) is 5. The number of nitrogens with zero attached hydrogens (tertiary/aromatic N) is 2. The van der Waals surface area contributed by atoms with Gasteiger partial charge in [-0.2, -0.15) is 0 Å². The minimum atomic E-state index is -0.929. The highest BCUT2D eigenvalue weighted by atomic mass is 32.2. The molecule has 0 spiro atoms. The predicted octanol–water partition coefficient (Wildman–Crippen LogP) is 0.346. The Labute approximate surface area is 108 Å². The van der Waals surface area contributed by atoms with Crippen molar-refractivity contribution < 1.29 is 14.6 Å². The smallest absolute Gasteiger partial charge is 0.344 e. The third-order valence-corrected chi connectivity index (χ3v) is 3.86. The highest BCUT2D eigenvalue weighted by molar-refractivity contribution is 7.99. The number of rotatable bonds is 4. The molecule has 1 fully saturated rings. The molecule has 100 valence electrons. The molecule has 2 N–H and O–H groups in total. The van der Waals surface area contributed by atoms with Crippen LogP contribution < -0.4 is 5.69 Å². The van der Waals surface area contributed by atoms with Gasteiger partial charge in [0.2, 0.25) is 0 Å². The molecule has 1 saturated heterocycles. The largest absolute Gasteiger partial charge is 0.481 e. The van der Waals surface area contributed by atoms with E-state index >= 15 is 0 Å². The van der Waals surface area contributed by atoms with Gasteiger partial charge in [-0.1, -0.05) is 18.7 Å². The van der Waals surface area contributed by atoms with Crippen LogP contribution in [0.2, 0.25) is 0 Å². The number of aliphatic carboxylic acids is 1. The number of carboxylic acid groups (broad SMARTS) is 1. The first kappa shape index (κ1) is 13.2. The SMILES string of the molecule is CC1COCCC1n1c(SCC(=O)O)n[nH]c1=O. The van der Waals surface area contributed by atoms with Crippen molar-refractivity contribution in [2.24, 2.45) is 5.92 Å². The lowest BCUT2D eigenvalue weighted by Crippen LogP contribution is -2.33. The van der Waals surface area contributed by atoms with Gasteiger partial charge in [0, 0.05) is 18.6 Å². The van der Waals surface area contributed by atoms with E-state index in [0.29, 0.717) is 18.4 Å². The van der Waals surface area contributed by atoms with E-state index < -0.39 is 5.97 Å². The number of carbonyl (C=O) groups is 1. The van der Waals surface area contributed by atoms with Crippen LogP contribution in [0.1, 0.15) is 19.4 Å². The quantitative estimate of drug-likeness (QED) is 0.768. The second-order valence-corrected chi connectivity index (χ2v) is 5.21. The van der Waals surface area contributed by atoms with Gasteiger partial charge in [0.05, 0.1) is 12.4 Å². The third-order valence-electron chi connectivity index (χ3n) is 2.92. The van der Waals surface area contributed by atoms with Crippen molar-refractivity contribution in [2.75, 3.05) is 19.0 Å². The first-order chi connectivity index (χ1) is 8.59. The summed E-state index contributed by atoms with van der Waals surface area (Å²) in [6.45, 7) is 3.22. The van der Waals surface area contributed by atoms with Crippen molar-refractivity contribution in [3.8, 4) is 0 Å². The van der Waals surface area contributed by atoms with E-state index in [4.69, 9.17) is 9.84 Å². The molecule has 0 amide bonds. The van der Waals surface area contributed by atoms with Gasteiger partial charge >= 0.3 is 11.7 Å². The van der Waals surface area contributed by atoms with Gasteiger partial charge < -0.3 is 9.84 Å². The Kier molecular flexibility index (Phi) is 4.07. The maximum atomic E-state index is 11.8. The van der Waals surface area contributed by atoms with Gasteiger partial charge in [0.1, 0.15) is 0 Å². The topological polar surface area (TPSA) is 97.2 Å². The summed E-state index contributed by atoms with van der Waals surface area (Å²) in [5.41, 5.74) is -0.290. The molecule has 8 heteroatoms. The van der Waals surface area contributed by atoms with Gasteiger partial charge in [-0.25, -0.2) is 9.89 Å².